The lowest BCUT2D eigenvalue weighted by Crippen LogP contribution is -2.36. The third-order valence-electron chi connectivity index (χ3n) is 2.74. The standard InChI is InChI=1S/C14H21F3N2O/c1-2-8-19(11-14(15,16)17)9-5-10-20-13-7-4-3-6-12(13)18/h3-4,6-7H,2,5,8-11,18H2,1H3. The largest absolute Gasteiger partial charge is 0.491 e. The van der Waals surface area contributed by atoms with Crippen LogP contribution in [0.25, 0.3) is 0 Å². The fourth-order valence-electron chi connectivity index (χ4n) is 1.92. The van der Waals surface area contributed by atoms with Gasteiger partial charge >= 0.3 is 6.18 Å². The lowest BCUT2D eigenvalue weighted by molar-refractivity contribution is -0.146. The highest BCUT2D eigenvalue weighted by molar-refractivity contribution is 5.51. The molecule has 0 unspecified atom stereocenters. The number of ether oxygens (including phenoxy) is 1. The van der Waals surface area contributed by atoms with E-state index in [2.05, 4.69) is 0 Å². The van der Waals surface area contributed by atoms with E-state index in [1.165, 1.54) is 4.90 Å². The molecule has 0 aliphatic heterocycles. The first kappa shape index (κ1) is 16.6. The predicted octanol–water partition coefficient (Wildman–Crippen LogP) is 3.31. The normalized spacial score (nSPS) is 11.8. The first-order valence-corrected chi connectivity index (χ1v) is 6.69. The number of nitrogens with two attached hydrogens (primary N) is 1. The third-order valence-corrected chi connectivity index (χ3v) is 2.74. The van der Waals surface area contributed by atoms with E-state index in [-0.39, 0.29) is 0 Å². The lowest BCUT2D eigenvalue weighted by atomic mass is 10.3. The number of alkyl halides is 3. The fraction of sp³-hybridized carbons (Fsp3) is 0.571. The Hall–Kier alpha value is -1.43. The van der Waals surface area contributed by atoms with Crippen LogP contribution in [-0.4, -0.2) is 37.3 Å². The Balaban J connectivity index is 2.32. The minimum atomic E-state index is -4.15. The Morgan fingerprint density at radius 2 is 1.90 bits per heavy atom. The van der Waals surface area contributed by atoms with Crippen LogP contribution in [0.15, 0.2) is 24.3 Å². The van der Waals surface area contributed by atoms with Crippen molar-refractivity contribution in [3.05, 3.63) is 24.3 Å². The number of para-hydroxylation sites is 2. The second kappa shape index (κ2) is 7.99. The molecular formula is C14H21F3N2O. The van der Waals surface area contributed by atoms with Crippen molar-refractivity contribution in [2.45, 2.75) is 25.9 Å². The Labute approximate surface area is 117 Å². The van der Waals surface area contributed by atoms with Crippen molar-refractivity contribution in [2.24, 2.45) is 0 Å². The maximum absolute atomic E-state index is 12.4. The maximum atomic E-state index is 12.4. The van der Waals surface area contributed by atoms with Gasteiger partial charge < -0.3 is 10.5 Å². The summed E-state index contributed by atoms with van der Waals surface area (Å²) < 4.78 is 42.6. The summed E-state index contributed by atoms with van der Waals surface area (Å²) in [4.78, 5) is 1.40. The molecule has 1 aromatic rings. The van der Waals surface area contributed by atoms with Crippen molar-refractivity contribution >= 4 is 5.69 Å². The minimum absolute atomic E-state index is 0.353. The molecule has 1 rings (SSSR count). The summed E-state index contributed by atoms with van der Waals surface area (Å²) in [5.41, 5.74) is 6.24. The molecule has 1 aromatic carbocycles. The van der Waals surface area contributed by atoms with Crippen molar-refractivity contribution in [3.63, 3.8) is 0 Å². The quantitative estimate of drug-likeness (QED) is 0.589. The molecule has 0 aliphatic carbocycles. The van der Waals surface area contributed by atoms with Gasteiger partial charge in [-0.15, -0.1) is 0 Å². The molecule has 0 saturated carbocycles. The molecule has 0 aromatic heterocycles. The van der Waals surface area contributed by atoms with Gasteiger partial charge in [0.05, 0.1) is 18.8 Å². The second-order valence-electron chi connectivity index (χ2n) is 4.63. The van der Waals surface area contributed by atoms with E-state index in [1.807, 2.05) is 6.92 Å². The highest BCUT2D eigenvalue weighted by Crippen LogP contribution is 2.20. The topological polar surface area (TPSA) is 38.5 Å². The minimum Gasteiger partial charge on any atom is -0.491 e. The fourth-order valence-corrected chi connectivity index (χ4v) is 1.92. The summed E-state index contributed by atoms with van der Waals surface area (Å²) in [5.74, 6) is 0.574. The molecule has 0 heterocycles. The molecule has 2 N–H and O–H groups in total. The Morgan fingerprint density at radius 1 is 1.20 bits per heavy atom. The Morgan fingerprint density at radius 3 is 2.50 bits per heavy atom. The molecule has 0 radical (unpaired) electrons. The summed E-state index contributed by atoms with van der Waals surface area (Å²) in [5, 5.41) is 0. The van der Waals surface area contributed by atoms with Gasteiger partial charge in [-0.3, -0.25) is 4.90 Å². The van der Waals surface area contributed by atoms with Crippen LogP contribution >= 0.6 is 0 Å². The monoisotopic (exact) mass is 290 g/mol. The molecule has 0 bridgehead atoms. The number of nitrogens with zero attached hydrogens (tertiary/aromatic N) is 1. The number of rotatable bonds is 8. The van der Waals surface area contributed by atoms with E-state index < -0.39 is 12.7 Å². The number of hydrogen-bond donors (Lipinski definition) is 1. The Kier molecular flexibility index (Phi) is 6.64. The molecule has 0 atom stereocenters. The number of halogens is 3. The number of anilines is 1. The van der Waals surface area contributed by atoms with Gasteiger partial charge in [-0.2, -0.15) is 13.2 Å². The summed E-state index contributed by atoms with van der Waals surface area (Å²) in [7, 11) is 0. The zero-order valence-electron chi connectivity index (χ0n) is 11.6. The second-order valence-corrected chi connectivity index (χ2v) is 4.63. The molecular weight excluding hydrogens is 269 g/mol. The van der Waals surface area contributed by atoms with Gasteiger partial charge in [0.2, 0.25) is 0 Å². The lowest BCUT2D eigenvalue weighted by Gasteiger charge is -2.23. The van der Waals surface area contributed by atoms with Crippen LogP contribution in [0.3, 0.4) is 0 Å². The first-order valence-electron chi connectivity index (χ1n) is 6.69. The van der Waals surface area contributed by atoms with Crippen molar-refractivity contribution in [1.82, 2.24) is 4.90 Å². The van der Waals surface area contributed by atoms with E-state index in [0.29, 0.717) is 44.0 Å². The average molecular weight is 290 g/mol. The van der Waals surface area contributed by atoms with E-state index in [9.17, 15) is 13.2 Å². The molecule has 0 fully saturated rings. The molecule has 20 heavy (non-hydrogen) atoms. The van der Waals surface area contributed by atoms with Gasteiger partial charge in [0, 0.05) is 6.54 Å². The van der Waals surface area contributed by atoms with E-state index in [0.717, 1.165) is 0 Å². The number of benzene rings is 1. The molecule has 114 valence electrons. The molecule has 0 spiro atoms. The third kappa shape index (κ3) is 6.65. The first-order chi connectivity index (χ1) is 9.42. The highest BCUT2D eigenvalue weighted by atomic mass is 19.4. The van der Waals surface area contributed by atoms with E-state index >= 15 is 0 Å². The molecule has 0 saturated heterocycles. The summed E-state index contributed by atoms with van der Waals surface area (Å²) in [6, 6.07) is 7.07. The van der Waals surface area contributed by atoms with Crippen LogP contribution in [0, 0.1) is 0 Å². The van der Waals surface area contributed by atoms with Crippen molar-refractivity contribution in [1.29, 1.82) is 0 Å². The van der Waals surface area contributed by atoms with Gasteiger partial charge in [0.1, 0.15) is 5.75 Å². The van der Waals surface area contributed by atoms with Crippen LogP contribution in [-0.2, 0) is 0 Å². The molecule has 0 amide bonds. The average Bonchev–Trinajstić information content (AvgIpc) is 2.35. The number of hydrogen-bond acceptors (Lipinski definition) is 3. The Bertz CT molecular complexity index is 396. The van der Waals surface area contributed by atoms with E-state index in [1.54, 1.807) is 24.3 Å². The van der Waals surface area contributed by atoms with Crippen LogP contribution in [0.4, 0.5) is 18.9 Å². The summed E-state index contributed by atoms with van der Waals surface area (Å²) in [6.07, 6.45) is -2.92. The van der Waals surface area contributed by atoms with Crippen molar-refractivity contribution < 1.29 is 17.9 Å². The van der Waals surface area contributed by atoms with Gasteiger partial charge in [-0.1, -0.05) is 19.1 Å². The molecule has 6 heteroatoms. The predicted molar refractivity (Wildman–Crippen MR) is 73.8 cm³/mol. The zero-order chi connectivity index (χ0) is 15.0. The number of nitrogen functional groups attached to an aromatic ring is 1. The molecule has 0 aliphatic rings. The van der Waals surface area contributed by atoms with Gasteiger partial charge in [-0.05, 0) is 31.5 Å². The van der Waals surface area contributed by atoms with Crippen molar-refractivity contribution in [2.75, 3.05) is 32.0 Å². The summed E-state index contributed by atoms with van der Waals surface area (Å²) >= 11 is 0. The maximum Gasteiger partial charge on any atom is 0.401 e. The van der Waals surface area contributed by atoms with Crippen LogP contribution in [0.5, 0.6) is 5.75 Å². The van der Waals surface area contributed by atoms with E-state index in [4.69, 9.17) is 10.5 Å². The van der Waals surface area contributed by atoms with Crippen LogP contribution < -0.4 is 10.5 Å². The van der Waals surface area contributed by atoms with Gasteiger partial charge in [-0.25, -0.2) is 0 Å². The zero-order valence-corrected chi connectivity index (χ0v) is 11.6. The summed E-state index contributed by atoms with van der Waals surface area (Å²) in [6.45, 7) is 2.15. The van der Waals surface area contributed by atoms with Gasteiger partial charge in [0.25, 0.3) is 0 Å². The smallest absolute Gasteiger partial charge is 0.401 e. The van der Waals surface area contributed by atoms with Crippen molar-refractivity contribution in [3.8, 4) is 5.75 Å². The van der Waals surface area contributed by atoms with Crippen LogP contribution in [0.1, 0.15) is 19.8 Å². The highest BCUT2D eigenvalue weighted by Gasteiger charge is 2.29. The SMILES string of the molecule is CCCN(CCCOc1ccccc1N)CC(F)(F)F. The van der Waals surface area contributed by atoms with Gasteiger partial charge in [0.15, 0.2) is 0 Å². The van der Waals surface area contributed by atoms with Crippen LogP contribution in [0.2, 0.25) is 0 Å². The molecule has 3 nitrogen and oxygen atoms in total.